The Morgan fingerprint density at radius 2 is 2.10 bits per heavy atom. The van der Waals surface area contributed by atoms with Gasteiger partial charge >= 0.3 is 0 Å². The van der Waals surface area contributed by atoms with E-state index in [-0.39, 0.29) is 16.8 Å². The van der Waals surface area contributed by atoms with Crippen molar-refractivity contribution >= 4 is 21.6 Å². The van der Waals surface area contributed by atoms with E-state index in [1.54, 1.807) is 12.1 Å². The summed E-state index contributed by atoms with van der Waals surface area (Å²) in [5, 5.41) is 5.70. The first-order chi connectivity index (χ1) is 10.0. The normalized spacial score (nSPS) is 14.9. The van der Waals surface area contributed by atoms with Crippen molar-refractivity contribution in [1.29, 1.82) is 0 Å². The summed E-state index contributed by atoms with van der Waals surface area (Å²) in [7, 11) is -1.66. The molecule has 1 aliphatic rings. The molecule has 0 spiro atoms. The number of anilines is 1. The van der Waals surface area contributed by atoms with Gasteiger partial charge in [-0.1, -0.05) is 6.07 Å². The lowest BCUT2D eigenvalue weighted by atomic mass is 10.2. The van der Waals surface area contributed by atoms with E-state index in [1.807, 2.05) is 7.05 Å². The minimum absolute atomic E-state index is 0.0646. The first kappa shape index (κ1) is 15.9. The summed E-state index contributed by atoms with van der Waals surface area (Å²) in [6, 6.07) is 6.40. The molecule has 0 unspecified atom stereocenters. The zero-order valence-corrected chi connectivity index (χ0v) is 12.9. The van der Waals surface area contributed by atoms with Crippen molar-refractivity contribution in [3.05, 3.63) is 24.3 Å². The van der Waals surface area contributed by atoms with Crippen molar-refractivity contribution in [2.75, 3.05) is 18.9 Å². The summed E-state index contributed by atoms with van der Waals surface area (Å²) in [6.45, 7) is 0.771. The molecule has 1 amide bonds. The highest BCUT2D eigenvalue weighted by Crippen LogP contribution is 2.23. The van der Waals surface area contributed by atoms with Gasteiger partial charge in [0.05, 0.1) is 4.90 Å². The molecule has 21 heavy (non-hydrogen) atoms. The first-order valence-electron chi connectivity index (χ1n) is 7.08. The van der Waals surface area contributed by atoms with Crippen LogP contribution in [0.25, 0.3) is 0 Å². The summed E-state index contributed by atoms with van der Waals surface area (Å²) in [6.07, 6.45) is 2.92. The third-order valence-corrected chi connectivity index (χ3v) is 4.68. The van der Waals surface area contributed by atoms with E-state index in [9.17, 15) is 13.2 Å². The summed E-state index contributed by atoms with van der Waals surface area (Å²) >= 11 is 0. The van der Waals surface area contributed by atoms with Gasteiger partial charge in [0, 0.05) is 18.2 Å². The Kier molecular flexibility index (Phi) is 5.33. The van der Waals surface area contributed by atoms with E-state index in [4.69, 9.17) is 0 Å². The third kappa shape index (κ3) is 5.11. The molecule has 3 N–H and O–H groups in total. The molecule has 1 aliphatic carbocycles. The maximum atomic E-state index is 12.1. The molecule has 1 saturated carbocycles. The molecule has 0 aromatic heterocycles. The Balaban J connectivity index is 1.98. The number of benzene rings is 1. The third-order valence-electron chi connectivity index (χ3n) is 3.16. The zero-order chi connectivity index (χ0) is 15.3. The Morgan fingerprint density at radius 3 is 2.76 bits per heavy atom. The van der Waals surface area contributed by atoms with Crippen molar-refractivity contribution in [2.24, 2.45) is 0 Å². The SMILES string of the molecule is CNCCCC(=O)Nc1cccc(S(=O)(=O)NC2CC2)c1. The van der Waals surface area contributed by atoms with Crippen LogP contribution in [0.15, 0.2) is 29.2 Å². The highest BCUT2D eigenvalue weighted by Gasteiger charge is 2.28. The van der Waals surface area contributed by atoms with Gasteiger partial charge in [-0.25, -0.2) is 13.1 Å². The van der Waals surface area contributed by atoms with Crippen LogP contribution in [0.5, 0.6) is 0 Å². The largest absolute Gasteiger partial charge is 0.326 e. The molecular formula is C14H21N3O3S. The Hall–Kier alpha value is -1.44. The van der Waals surface area contributed by atoms with Crippen LogP contribution in [-0.2, 0) is 14.8 Å². The van der Waals surface area contributed by atoms with Gasteiger partial charge in [-0.3, -0.25) is 4.79 Å². The monoisotopic (exact) mass is 311 g/mol. The van der Waals surface area contributed by atoms with Crippen LogP contribution in [0.1, 0.15) is 25.7 Å². The van der Waals surface area contributed by atoms with E-state index in [1.165, 1.54) is 12.1 Å². The molecule has 1 fully saturated rings. The highest BCUT2D eigenvalue weighted by molar-refractivity contribution is 7.89. The lowest BCUT2D eigenvalue weighted by molar-refractivity contribution is -0.116. The van der Waals surface area contributed by atoms with Crippen LogP contribution < -0.4 is 15.4 Å². The quantitative estimate of drug-likeness (QED) is 0.627. The molecule has 116 valence electrons. The van der Waals surface area contributed by atoms with E-state index < -0.39 is 10.0 Å². The fourth-order valence-corrected chi connectivity index (χ4v) is 3.23. The fraction of sp³-hybridized carbons (Fsp3) is 0.500. The lowest BCUT2D eigenvalue weighted by Gasteiger charge is -2.09. The lowest BCUT2D eigenvalue weighted by Crippen LogP contribution is -2.25. The Morgan fingerprint density at radius 1 is 1.33 bits per heavy atom. The topological polar surface area (TPSA) is 87.3 Å². The smallest absolute Gasteiger partial charge is 0.240 e. The van der Waals surface area contributed by atoms with Crippen LogP contribution in [0.4, 0.5) is 5.69 Å². The number of carbonyl (C=O) groups excluding carboxylic acids is 1. The Labute approximate surface area is 125 Å². The highest BCUT2D eigenvalue weighted by atomic mass is 32.2. The molecule has 2 rings (SSSR count). The van der Waals surface area contributed by atoms with Crippen LogP contribution in [0, 0.1) is 0 Å². The summed E-state index contributed by atoms with van der Waals surface area (Å²) in [5.74, 6) is -0.116. The number of carbonyl (C=O) groups is 1. The molecule has 1 aromatic carbocycles. The second kappa shape index (κ2) is 7.02. The van der Waals surface area contributed by atoms with Crippen molar-refractivity contribution in [2.45, 2.75) is 36.6 Å². The first-order valence-corrected chi connectivity index (χ1v) is 8.56. The second-order valence-electron chi connectivity index (χ2n) is 5.18. The van der Waals surface area contributed by atoms with E-state index in [0.29, 0.717) is 12.1 Å². The average Bonchev–Trinajstić information content (AvgIpc) is 3.22. The number of hydrogen-bond donors (Lipinski definition) is 3. The van der Waals surface area contributed by atoms with Crippen LogP contribution >= 0.6 is 0 Å². The molecule has 0 saturated heterocycles. The minimum atomic E-state index is -3.49. The van der Waals surface area contributed by atoms with Crippen LogP contribution in [-0.4, -0.2) is 34.0 Å². The summed E-state index contributed by atoms with van der Waals surface area (Å²) < 4.78 is 26.8. The van der Waals surface area contributed by atoms with Crippen molar-refractivity contribution < 1.29 is 13.2 Å². The number of nitrogens with one attached hydrogen (secondary N) is 3. The molecule has 1 aromatic rings. The van der Waals surface area contributed by atoms with Gasteiger partial charge in [-0.05, 0) is 51.1 Å². The van der Waals surface area contributed by atoms with Gasteiger partial charge in [0.25, 0.3) is 0 Å². The van der Waals surface area contributed by atoms with Gasteiger partial charge in [0.15, 0.2) is 0 Å². The average molecular weight is 311 g/mol. The van der Waals surface area contributed by atoms with Gasteiger partial charge in [0.1, 0.15) is 0 Å². The Bertz CT molecular complexity index is 597. The summed E-state index contributed by atoms with van der Waals surface area (Å²) in [5.41, 5.74) is 0.503. The summed E-state index contributed by atoms with van der Waals surface area (Å²) in [4.78, 5) is 11.9. The van der Waals surface area contributed by atoms with E-state index in [0.717, 1.165) is 25.8 Å². The molecule has 0 radical (unpaired) electrons. The standard InChI is InChI=1S/C14H21N3O3S/c1-15-9-3-6-14(18)16-12-4-2-5-13(10-12)21(19,20)17-11-7-8-11/h2,4-5,10-11,15,17H,3,6-9H2,1H3,(H,16,18). The van der Waals surface area contributed by atoms with Gasteiger partial charge in [-0.15, -0.1) is 0 Å². The molecular weight excluding hydrogens is 290 g/mol. The minimum Gasteiger partial charge on any atom is -0.326 e. The van der Waals surface area contributed by atoms with Crippen molar-refractivity contribution in [3.63, 3.8) is 0 Å². The molecule has 0 aliphatic heterocycles. The second-order valence-corrected chi connectivity index (χ2v) is 6.89. The number of rotatable bonds is 8. The molecule has 6 nitrogen and oxygen atoms in total. The molecule has 7 heteroatoms. The molecule has 0 atom stereocenters. The van der Waals surface area contributed by atoms with Crippen LogP contribution in [0.2, 0.25) is 0 Å². The number of amides is 1. The maximum absolute atomic E-state index is 12.1. The van der Waals surface area contributed by atoms with E-state index in [2.05, 4.69) is 15.4 Å². The predicted molar refractivity (Wildman–Crippen MR) is 81.6 cm³/mol. The van der Waals surface area contributed by atoms with E-state index >= 15 is 0 Å². The van der Waals surface area contributed by atoms with Crippen LogP contribution in [0.3, 0.4) is 0 Å². The number of hydrogen-bond acceptors (Lipinski definition) is 4. The maximum Gasteiger partial charge on any atom is 0.240 e. The molecule has 0 bridgehead atoms. The van der Waals surface area contributed by atoms with Gasteiger partial charge in [-0.2, -0.15) is 0 Å². The van der Waals surface area contributed by atoms with Gasteiger partial charge < -0.3 is 10.6 Å². The van der Waals surface area contributed by atoms with Gasteiger partial charge in [0.2, 0.25) is 15.9 Å². The zero-order valence-electron chi connectivity index (χ0n) is 12.1. The number of sulfonamides is 1. The van der Waals surface area contributed by atoms with Crippen molar-refractivity contribution in [1.82, 2.24) is 10.0 Å². The fourth-order valence-electron chi connectivity index (χ4n) is 1.88. The van der Waals surface area contributed by atoms with Crippen molar-refractivity contribution in [3.8, 4) is 0 Å². The molecule has 0 heterocycles. The predicted octanol–water partition coefficient (Wildman–Crippen LogP) is 1.07.